The van der Waals surface area contributed by atoms with Gasteiger partial charge in [-0.25, -0.2) is 0 Å². The molecule has 0 unspecified atom stereocenters. The van der Waals surface area contributed by atoms with Crippen LogP contribution < -0.4 is 0 Å². The minimum absolute atomic E-state index is 0.0361. The molecule has 6 heteroatoms. The number of rotatable bonds is 13. The Morgan fingerprint density at radius 1 is 0.971 bits per heavy atom. The molecule has 0 aliphatic rings. The predicted molar refractivity (Wildman–Crippen MR) is 147 cm³/mol. The zero-order chi connectivity index (χ0) is 26.9. The highest BCUT2D eigenvalue weighted by molar-refractivity contribution is 6.74. The van der Waals surface area contributed by atoms with Crippen LogP contribution in [0.3, 0.4) is 0 Å². The molecule has 0 aliphatic carbocycles. The smallest absolute Gasteiger partial charge is 0.311 e. The van der Waals surface area contributed by atoms with E-state index in [1.807, 2.05) is 58.0 Å². The molecule has 0 spiro atoms. The van der Waals surface area contributed by atoms with Crippen molar-refractivity contribution in [2.24, 2.45) is 17.3 Å². The lowest BCUT2D eigenvalue weighted by molar-refractivity contribution is -0.159. The summed E-state index contributed by atoms with van der Waals surface area (Å²) in [6.45, 7) is 24.9. The lowest BCUT2D eigenvalue weighted by Crippen LogP contribution is -2.43. The van der Waals surface area contributed by atoms with Gasteiger partial charge in [0.15, 0.2) is 8.32 Å². The number of carbonyl (C=O) groups is 1. The second kappa shape index (κ2) is 13.7. The Balaban J connectivity index is 2.75. The van der Waals surface area contributed by atoms with Crippen molar-refractivity contribution in [3.05, 3.63) is 47.5 Å². The summed E-state index contributed by atoms with van der Waals surface area (Å²) in [5.41, 5.74) is 1.58. The molecule has 1 rings (SSSR count). The summed E-state index contributed by atoms with van der Waals surface area (Å²) in [7, 11) is -1.90. The molecule has 1 aromatic carbocycles. The summed E-state index contributed by atoms with van der Waals surface area (Å²) in [6.07, 6.45) is 1.80. The van der Waals surface area contributed by atoms with Crippen molar-refractivity contribution in [3.8, 4) is 0 Å². The molecule has 0 radical (unpaired) electrons. The molecule has 35 heavy (non-hydrogen) atoms. The van der Waals surface area contributed by atoms with E-state index in [0.29, 0.717) is 19.8 Å². The van der Waals surface area contributed by atoms with E-state index in [2.05, 4.69) is 53.8 Å². The summed E-state index contributed by atoms with van der Waals surface area (Å²) in [5, 5.41) is 0.129. The Hall–Kier alpha value is -1.47. The van der Waals surface area contributed by atoms with Crippen molar-refractivity contribution in [1.29, 1.82) is 0 Å². The van der Waals surface area contributed by atoms with E-state index < -0.39 is 13.7 Å². The van der Waals surface area contributed by atoms with Crippen molar-refractivity contribution in [1.82, 2.24) is 0 Å². The first kappa shape index (κ1) is 31.6. The zero-order valence-electron chi connectivity index (χ0n) is 24.1. The number of ether oxygens (including phenoxy) is 3. The molecule has 0 heterocycles. The molecule has 5 nitrogen and oxygen atoms in total. The van der Waals surface area contributed by atoms with Crippen LogP contribution in [0.2, 0.25) is 18.1 Å². The van der Waals surface area contributed by atoms with Crippen LogP contribution in [-0.4, -0.2) is 40.4 Å². The van der Waals surface area contributed by atoms with Gasteiger partial charge in [0.05, 0.1) is 18.6 Å². The van der Waals surface area contributed by atoms with Crippen molar-refractivity contribution in [2.75, 3.05) is 20.0 Å². The third-order valence-corrected chi connectivity index (χ3v) is 11.0. The molecular weight excluding hydrogens is 456 g/mol. The van der Waals surface area contributed by atoms with Crippen LogP contribution in [0, 0.1) is 17.3 Å². The van der Waals surface area contributed by atoms with Crippen LogP contribution in [0.1, 0.15) is 67.9 Å². The first-order chi connectivity index (χ1) is 16.0. The Bertz CT molecular complexity index is 790. The second-order valence-corrected chi connectivity index (χ2v) is 17.1. The van der Waals surface area contributed by atoms with Gasteiger partial charge in [0.2, 0.25) is 0 Å². The SMILES string of the molecule is C/C(=C\[C@@H](C)COCOCc1ccccc1)[C@H](OC(=O)C(C)(C)C)[C@H](C)CO[Si](C)(C)C(C)(C)C. The number of hydrogen-bond acceptors (Lipinski definition) is 5. The van der Waals surface area contributed by atoms with E-state index in [9.17, 15) is 4.79 Å². The van der Waals surface area contributed by atoms with Gasteiger partial charge < -0.3 is 18.6 Å². The first-order valence-electron chi connectivity index (χ1n) is 12.8. The molecule has 3 atom stereocenters. The lowest BCUT2D eigenvalue weighted by atomic mass is 9.94. The number of carbonyl (C=O) groups excluding carboxylic acids is 1. The van der Waals surface area contributed by atoms with E-state index in [1.165, 1.54) is 0 Å². The largest absolute Gasteiger partial charge is 0.457 e. The minimum atomic E-state index is -1.90. The average molecular weight is 507 g/mol. The van der Waals surface area contributed by atoms with Crippen LogP contribution in [0.15, 0.2) is 42.0 Å². The maximum atomic E-state index is 12.8. The Labute approximate surface area is 215 Å². The molecule has 0 amide bonds. The van der Waals surface area contributed by atoms with Crippen molar-refractivity contribution in [2.45, 2.75) is 93.2 Å². The first-order valence-corrected chi connectivity index (χ1v) is 15.7. The molecule has 0 saturated heterocycles. The highest BCUT2D eigenvalue weighted by Gasteiger charge is 2.38. The lowest BCUT2D eigenvalue weighted by Gasteiger charge is -2.38. The van der Waals surface area contributed by atoms with Crippen LogP contribution in [0.5, 0.6) is 0 Å². The van der Waals surface area contributed by atoms with Gasteiger partial charge in [-0.15, -0.1) is 0 Å². The van der Waals surface area contributed by atoms with Gasteiger partial charge >= 0.3 is 5.97 Å². The van der Waals surface area contributed by atoms with Crippen LogP contribution in [0.25, 0.3) is 0 Å². The van der Waals surface area contributed by atoms with Gasteiger partial charge in [-0.1, -0.05) is 71.0 Å². The molecule has 0 bridgehead atoms. The number of esters is 1. The van der Waals surface area contributed by atoms with Crippen molar-refractivity contribution < 1.29 is 23.4 Å². The van der Waals surface area contributed by atoms with Crippen LogP contribution in [0.4, 0.5) is 0 Å². The molecule has 0 N–H and O–H groups in total. The highest BCUT2D eigenvalue weighted by Crippen LogP contribution is 2.37. The molecule has 0 saturated carbocycles. The summed E-state index contributed by atoms with van der Waals surface area (Å²) < 4.78 is 23.9. The normalized spacial score (nSPS) is 16.0. The molecule has 0 aliphatic heterocycles. The van der Waals surface area contributed by atoms with Gasteiger partial charge in [0, 0.05) is 12.5 Å². The van der Waals surface area contributed by atoms with Gasteiger partial charge in [0.1, 0.15) is 12.9 Å². The van der Waals surface area contributed by atoms with Gasteiger partial charge in [0.25, 0.3) is 0 Å². The Morgan fingerprint density at radius 3 is 2.11 bits per heavy atom. The van der Waals surface area contributed by atoms with E-state index in [0.717, 1.165) is 11.1 Å². The predicted octanol–water partition coefficient (Wildman–Crippen LogP) is 7.38. The average Bonchev–Trinajstić information content (AvgIpc) is 2.74. The maximum Gasteiger partial charge on any atom is 0.311 e. The van der Waals surface area contributed by atoms with Gasteiger partial charge in [-0.3, -0.25) is 4.79 Å². The van der Waals surface area contributed by atoms with Crippen LogP contribution >= 0.6 is 0 Å². The minimum Gasteiger partial charge on any atom is -0.457 e. The van der Waals surface area contributed by atoms with E-state index >= 15 is 0 Å². The number of hydrogen-bond donors (Lipinski definition) is 0. The number of benzene rings is 1. The van der Waals surface area contributed by atoms with Crippen molar-refractivity contribution in [3.63, 3.8) is 0 Å². The highest BCUT2D eigenvalue weighted by atomic mass is 28.4. The fourth-order valence-electron chi connectivity index (χ4n) is 3.21. The zero-order valence-corrected chi connectivity index (χ0v) is 25.1. The monoisotopic (exact) mass is 506 g/mol. The Kier molecular flexibility index (Phi) is 12.4. The van der Waals surface area contributed by atoms with E-state index in [1.54, 1.807) is 0 Å². The van der Waals surface area contributed by atoms with E-state index in [-0.39, 0.29) is 35.7 Å². The summed E-state index contributed by atoms with van der Waals surface area (Å²) in [4.78, 5) is 12.8. The van der Waals surface area contributed by atoms with Crippen molar-refractivity contribution >= 4 is 14.3 Å². The third kappa shape index (κ3) is 11.4. The standard InChI is InChI=1S/C29H50O5Si/c1-22(18-31-21-32-20-25-15-13-12-14-16-25)17-23(2)26(34-27(30)28(4,5)6)24(3)19-33-35(10,11)29(7,8)9/h12-17,22,24,26H,18-21H2,1-11H3/b23-17+/t22-,24-,26+/m1/s1. The molecule has 200 valence electrons. The van der Waals surface area contributed by atoms with E-state index in [4.69, 9.17) is 18.6 Å². The fraction of sp³-hybridized carbons (Fsp3) is 0.690. The van der Waals surface area contributed by atoms with Gasteiger partial charge in [-0.2, -0.15) is 0 Å². The molecule has 1 aromatic rings. The molecule has 0 aromatic heterocycles. The molecule has 0 fully saturated rings. The fourth-order valence-corrected chi connectivity index (χ4v) is 4.32. The quantitative estimate of drug-likeness (QED) is 0.0918. The topological polar surface area (TPSA) is 54.0 Å². The molecular formula is C29H50O5Si. The summed E-state index contributed by atoms with van der Waals surface area (Å²) >= 11 is 0. The summed E-state index contributed by atoms with van der Waals surface area (Å²) in [6, 6.07) is 10.0. The maximum absolute atomic E-state index is 12.8. The van der Waals surface area contributed by atoms with Crippen LogP contribution in [-0.2, 0) is 30.0 Å². The van der Waals surface area contributed by atoms with Gasteiger partial charge in [-0.05, 0) is 62.9 Å². The Morgan fingerprint density at radius 2 is 1.57 bits per heavy atom. The third-order valence-electron chi connectivity index (χ3n) is 6.53. The summed E-state index contributed by atoms with van der Waals surface area (Å²) in [5.74, 6) is -0.0127. The second-order valence-electron chi connectivity index (χ2n) is 12.3.